The van der Waals surface area contributed by atoms with Gasteiger partial charge in [-0.2, -0.15) is 0 Å². The van der Waals surface area contributed by atoms with Crippen molar-refractivity contribution in [2.24, 2.45) is 0 Å². The molecule has 0 amide bonds. The average Bonchev–Trinajstić information content (AvgIpc) is 2.45. The number of esters is 1. The van der Waals surface area contributed by atoms with E-state index in [2.05, 4.69) is 25.9 Å². The number of carbonyl (C=O) groups excluding carboxylic acids is 1. The van der Waals surface area contributed by atoms with E-state index in [0.29, 0.717) is 18.7 Å². The molecule has 0 bridgehead atoms. The first-order chi connectivity index (χ1) is 10.3. The number of nitrogens with zero attached hydrogens (tertiary/aromatic N) is 2. The molecule has 22 heavy (non-hydrogen) atoms. The number of carbonyl (C=O) groups is 1. The van der Waals surface area contributed by atoms with Crippen molar-refractivity contribution in [1.82, 2.24) is 9.97 Å². The van der Waals surface area contributed by atoms with Crippen molar-refractivity contribution in [3.05, 3.63) is 46.7 Å². The van der Waals surface area contributed by atoms with Gasteiger partial charge < -0.3 is 4.74 Å². The molecule has 0 aliphatic carbocycles. The maximum absolute atomic E-state index is 11.7. The third-order valence-corrected chi connectivity index (χ3v) is 3.28. The van der Waals surface area contributed by atoms with Crippen LogP contribution in [-0.4, -0.2) is 21.5 Å². The van der Waals surface area contributed by atoms with Gasteiger partial charge in [0.15, 0.2) is 5.82 Å². The summed E-state index contributed by atoms with van der Waals surface area (Å²) < 4.78 is 6.15. The van der Waals surface area contributed by atoms with E-state index in [1.165, 1.54) is 0 Å². The van der Waals surface area contributed by atoms with Crippen molar-refractivity contribution in [2.45, 2.75) is 39.2 Å². The van der Waals surface area contributed by atoms with Gasteiger partial charge in [0.25, 0.3) is 0 Å². The summed E-state index contributed by atoms with van der Waals surface area (Å²) in [6, 6.07) is 7.91. The number of halogens is 1. The number of aryl methyl sites for hydroxylation is 1. The predicted molar refractivity (Wildman–Crippen MR) is 89.3 cm³/mol. The molecule has 0 fully saturated rings. The minimum Gasteiger partial charge on any atom is -0.460 e. The highest BCUT2D eigenvalue weighted by Crippen LogP contribution is 2.18. The molecule has 0 saturated carbocycles. The van der Waals surface area contributed by atoms with Crippen molar-refractivity contribution in [3.63, 3.8) is 0 Å². The highest BCUT2D eigenvalue weighted by atomic mass is 79.9. The molecule has 1 aromatic carbocycles. The lowest BCUT2D eigenvalue weighted by Crippen LogP contribution is -2.23. The minimum atomic E-state index is -0.431. The SMILES string of the molecule is CC(C)(C)OC(=O)CCc1ccc(-c2ncc(Br)cn2)cc1. The summed E-state index contributed by atoms with van der Waals surface area (Å²) >= 11 is 3.32. The molecule has 116 valence electrons. The molecular formula is C17H19BrN2O2. The van der Waals surface area contributed by atoms with Crippen LogP contribution in [0.15, 0.2) is 41.1 Å². The Morgan fingerprint density at radius 2 is 1.73 bits per heavy atom. The third kappa shape index (κ3) is 5.22. The van der Waals surface area contributed by atoms with Crippen LogP contribution in [-0.2, 0) is 16.0 Å². The van der Waals surface area contributed by atoms with Crippen LogP contribution in [0.5, 0.6) is 0 Å². The lowest BCUT2D eigenvalue weighted by Gasteiger charge is -2.19. The zero-order valence-electron chi connectivity index (χ0n) is 13.0. The fraction of sp³-hybridized carbons (Fsp3) is 0.353. The monoisotopic (exact) mass is 362 g/mol. The molecule has 0 aliphatic heterocycles. The number of hydrogen-bond acceptors (Lipinski definition) is 4. The lowest BCUT2D eigenvalue weighted by molar-refractivity contribution is -0.154. The highest BCUT2D eigenvalue weighted by Gasteiger charge is 2.15. The van der Waals surface area contributed by atoms with Gasteiger partial charge in [0.05, 0.1) is 4.47 Å². The molecule has 0 radical (unpaired) electrons. The van der Waals surface area contributed by atoms with Crippen LogP contribution in [0.25, 0.3) is 11.4 Å². The molecule has 1 aromatic heterocycles. The number of benzene rings is 1. The molecule has 2 rings (SSSR count). The van der Waals surface area contributed by atoms with E-state index in [9.17, 15) is 4.79 Å². The fourth-order valence-corrected chi connectivity index (χ4v) is 2.13. The van der Waals surface area contributed by atoms with Gasteiger partial charge in [-0.1, -0.05) is 24.3 Å². The third-order valence-electron chi connectivity index (χ3n) is 2.87. The van der Waals surface area contributed by atoms with Crippen LogP contribution >= 0.6 is 15.9 Å². The summed E-state index contributed by atoms with van der Waals surface area (Å²) in [5.74, 6) is 0.509. The van der Waals surface area contributed by atoms with E-state index < -0.39 is 5.60 Å². The summed E-state index contributed by atoms with van der Waals surface area (Å²) in [5.41, 5.74) is 1.61. The fourth-order valence-electron chi connectivity index (χ4n) is 1.92. The van der Waals surface area contributed by atoms with Gasteiger partial charge in [0.2, 0.25) is 0 Å². The van der Waals surface area contributed by atoms with Gasteiger partial charge in [-0.05, 0) is 48.7 Å². The van der Waals surface area contributed by atoms with Crippen molar-refractivity contribution in [2.75, 3.05) is 0 Å². The molecule has 4 nitrogen and oxygen atoms in total. The van der Waals surface area contributed by atoms with Gasteiger partial charge in [0.1, 0.15) is 5.60 Å². The Morgan fingerprint density at radius 1 is 1.14 bits per heavy atom. The first kappa shape index (κ1) is 16.6. The Bertz CT molecular complexity index is 631. The molecule has 2 aromatic rings. The molecule has 0 N–H and O–H groups in total. The summed E-state index contributed by atoms with van der Waals surface area (Å²) in [6.07, 6.45) is 4.49. The Labute approximate surface area is 139 Å². The van der Waals surface area contributed by atoms with Crippen LogP contribution in [0.1, 0.15) is 32.8 Å². The average molecular weight is 363 g/mol. The summed E-state index contributed by atoms with van der Waals surface area (Å²) in [6.45, 7) is 5.62. The summed E-state index contributed by atoms with van der Waals surface area (Å²) in [7, 11) is 0. The van der Waals surface area contributed by atoms with Crippen LogP contribution in [0.3, 0.4) is 0 Å². The Morgan fingerprint density at radius 3 is 2.27 bits per heavy atom. The van der Waals surface area contributed by atoms with Crippen molar-refractivity contribution in [1.29, 1.82) is 0 Å². The van der Waals surface area contributed by atoms with E-state index >= 15 is 0 Å². The second-order valence-electron chi connectivity index (χ2n) is 6.01. The minimum absolute atomic E-state index is 0.173. The molecule has 0 aliphatic rings. The topological polar surface area (TPSA) is 52.1 Å². The van der Waals surface area contributed by atoms with Crippen LogP contribution in [0, 0.1) is 0 Å². The number of aromatic nitrogens is 2. The maximum Gasteiger partial charge on any atom is 0.306 e. The molecule has 0 spiro atoms. The van der Waals surface area contributed by atoms with E-state index in [0.717, 1.165) is 15.6 Å². The van der Waals surface area contributed by atoms with Crippen molar-refractivity contribution in [3.8, 4) is 11.4 Å². The second-order valence-corrected chi connectivity index (χ2v) is 6.92. The van der Waals surface area contributed by atoms with E-state index in [1.807, 2.05) is 45.0 Å². The zero-order valence-corrected chi connectivity index (χ0v) is 14.6. The highest BCUT2D eigenvalue weighted by molar-refractivity contribution is 9.10. The molecule has 0 saturated heterocycles. The van der Waals surface area contributed by atoms with Crippen LogP contribution < -0.4 is 0 Å². The van der Waals surface area contributed by atoms with E-state index in [4.69, 9.17) is 4.74 Å². The zero-order chi connectivity index (χ0) is 16.2. The second kappa shape index (κ2) is 7.01. The predicted octanol–water partition coefficient (Wildman–Crippen LogP) is 4.18. The van der Waals surface area contributed by atoms with Gasteiger partial charge in [-0.25, -0.2) is 9.97 Å². The molecule has 5 heteroatoms. The van der Waals surface area contributed by atoms with E-state index in [1.54, 1.807) is 12.4 Å². The van der Waals surface area contributed by atoms with Gasteiger partial charge in [-0.3, -0.25) is 4.79 Å². The first-order valence-corrected chi connectivity index (χ1v) is 7.91. The smallest absolute Gasteiger partial charge is 0.306 e. The Balaban J connectivity index is 1.95. The molecule has 1 heterocycles. The molecule has 0 atom stereocenters. The molecule has 0 unspecified atom stereocenters. The molecular weight excluding hydrogens is 344 g/mol. The normalized spacial score (nSPS) is 11.3. The van der Waals surface area contributed by atoms with E-state index in [-0.39, 0.29) is 5.97 Å². The quantitative estimate of drug-likeness (QED) is 0.765. The number of hydrogen-bond donors (Lipinski definition) is 0. The van der Waals surface area contributed by atoms with Crippen molar-refractivity contribution >= 4 is 21.9 Å². The van der Waals surface area contributed by atoms with Crippen LogP contribution in [0.4, 0.5) is 0 Å². The largest absolute Gasteiger partial charge is 0.460 e. The summed E-state index contributed by atoms with van der Waals surface area (Å²) in [5, 5.41) is 0. The first-order valence-electron chi connectivity index (χ1n) is 7.12. The number of ether oxygens (including phenoxy) is 1. The van der Waals surface area contributed by atoms with Gasteiger partial charge >= 0.3 is 5.97 Å². The summed E-state index contributed by atoms with van der Waals surface area (Å²) in [4.78, 5) is 20.2. The van der Waals surface area contributed by atoms with Crippen molar-refractivity contribution < 1.29 is 9.53 Å². The maximum atomic E-state index is 11.7. The Kier molecular flexibility index (Phi) is 5.29. The van der Waals surface area contributed by atoms with Gasteiger partial charge in [0, 0.05) is 24.4 Å². The number of rotatable bonds is 4. The van der Waals surface area contributed by atoms with Gasteiger partial charge in [-0.15, -0.1) is 0 Å². The standard InChI is InChI=1S/C17H19BrN2O2/c1-17(2,3)22-15(21)9-6-12-4-7-13(8-5-12)16-19-10-14(18)11-20-16/h4-5,7-8,10-11H,6,9H2,1-3H3. The Hall–Kier alpha value is -1.75. The lowest BCUT2D eigenvalue weighted by atomic mass is 10.1. The van der Waals surface area contributed by atoms with Crippen LogP contribution in [0.2, 0.25) is 0 Å².